The number of aliphatic hydroxyl groups is 1. The molecule has 94 valence electrons. The molecule has 0 bridgehead atoms. The summed E-state index contributed by atoms with van der Waals surface area (Å²) in [5.74, 6) is -0.317. The van der Waals surface area contributed by atoms with Crippen LogP contribution in [0.1, 0.15) is 22.8 Å². The van der Waals surface area contributed by atoms with Crippen molar-refractivity contribution in [2.45, 2.75) is 19.4 Å². The fourth-order valence-corrected chi connectivity index (χ4v) is 1.63. The first-order valence-electron chi connectivity index (χ1n) is 5.69. The Morgan fingerprint density at radius 3 is 2.59 bits per heavy atom. The Balaban J connectivity index is 2.53. The lowest BCUT2D eigenvalue weighted by Crippen LogP contribution is -2.30. The highest BCUT2D eigenvalue weighted by molar-refractivity contribution is 5.89. The molecule has 1 aromatic carbocycles. The van der Waals surface area contributed by atoms with Crippen molar-refractivity contribution in [1.29, 1.82) is 0 Å². The average molecular weight is 237 g/mol. The number of rotatable bonds is 6. The average Bonchev–Trinajstić information content (AvgIpc) is 2.36. The second-order valence-corrected chi connectivity index (χ2v) is 3.97. The van der Waals surface area contributed by atoms with Crippen LogP contribution in [0, 0.1) is 0 Å². The number of aliphatic hydroxyl groups excluding tert-OH is 1. The molecular weight excluding hydrogens is 218 g/mol. The number of carbonyl (C=O) groups excluding carboxylic acids is 1. The molecule has 0 aliphatic heterocycles. The first-order chi connectivity index (χ1) is 8.17. The molecule has 4 nitrogen and oxygen atoms in total. The van der Waals surface area contributed by atoms with E-state index in [1.807, 2.05) is 12.1 Å². The molecular formula is C13H19NO3. The molecule has 0 aromatic heterocycles. The first-order valence-corrected chi connectivity index (χ1v) is 5.69. The highest BCUT2D eigenvalue weighted by atomic mass is 16.5. The summed E-state index contributed by atoms with van der Waals surface area (Å²) in [5.41, 5.74) is 1.71. The monoisotopic (exact) mass is 237 g/mol. The van der Waals surface area contributed by atoms with Crippen molar-refractivity contribution in [3.63, 3.8) is 0 Å². The molecule has 1 atom stereocenters. The van der Waals surface area contributed by atoms with E-state index in [0.29, 0.717) is 18.2 Å². The number of carbonyl (C=O) groups is 1. The maximum absolute atomic E-state index is 11.2. The Kier molecular flexibility index (Phi) is 5.66. The number of ether oxygens (including phenoxy) is 1. The Morgan fingerprint density at radius 2 is 2.06 bits per heavy atom. The molecule has 0 saturated carbocycles. The van der Waals surface area contributed by atoms with Gasteiger partial charge in [0.2, 0.25) is 0 Å². The van der Waals surface area contributed by atoms with E-state index >= 15 is 0 Å². The molecule has 0 heterocycles. The van der Waals surface area contributed by atoms with Crippen molar-refractivity contribution in [3.8, 4) is 0 Å². The van der Waals surface area contributed by atoms with Crippen LogP contribution in [0.15, 0.2) is 24.3 Å². The predicted octanol–water partition coefficient (Wildman–Crippen LogP) is 0.986. The lowest BCUT2D eigenvalue weighted by atomic mass is 10.1. The molecule has 0 saturated heterocycles. The van der Waals surface area contributed by atoms with E-state index in [-0.39, 0.29) is 12.6 Å². The molecule has 2 N–H and O–H groups in total. The van der Waals surface area contributed by atoms with Crippen molar-refractivity contribution in [2.24, 2.45) is 0 Å². The Morgan fingerprint density at radius 1 is 1.41 bits per heavy atom. The number of benzene rings is 1. The molecule has 0 aliphatic rings. The second kappa shape index (κ2) is 7.04. The lowest BCUT2D eigenvalue weighted by Gasteiger charge is -2.12. The maximum Gasteiger partial charge on any atom is 0.337 e. The summed E-state index contributed by atoms with van der Waals surface area (Å²) in [6.45, 7) is 2.80. The normalized spacial score (nSPS) is 12.2. The van der Waals surface area contributed by atoms with Gasteiger partial charge < -0.3 is 15.2 Å². The van der Waals surface area contributed by atoms with Crippen LogP contribution in [0.5, 0.6) is 0 Å². The quantitative estimate of drug-likeness (QED) is 0.724. The van der Waals surface area contributed by atoms with Gasteiger partial charge >= 0.3 is 5.97 Å². The third-order valence-electron chi connectivity index (χ3n) is 2.52. The van der Waals surface area contributed by atoms with E-state index < -0.39 is 0 Å². The van der Waals surface area contributed by atoms with Crippen molar-refractivity contribution < 1.29 is 14.6 Å². The molecule has 0 fully saturated rings. The van der Waals surface area contributed by atoms with Crippen LogP contribution in [-0.2, 0) is 11.2 Å². The Labute approximate surface area is 102 Å². The van der Waals surface area contributed by atoms with Gasteiger partial charge in [-0.1, -0.05) is 12.1 Å². The van der Waals surface area contributed by atoms with Gasteiger partial charge in [0, 0.05) is 12.6 Å². The zero-order valence-corrected chi connectivity index (χ0v) is 10.3. The third kappa shape index (κ3) is 4.54. The predicted molar refractivity (Wildman–Crippen MR) is 66.0 cm³/mol. The van der Waals surface area contributed by atoms with Crippen LogP contribution in [-0.4, -0.2) is 37.4 Å². The smallest absolute Gasteiger partial charge is 0.337 e. The Bertz CT molecular complexity index is 348. The van der Waals surface area contributed by atoms with Gasteiger partial charge in [0.05, 0.1) is 19.3 Å². The zero-order chi connectivity index (χ0) is 12.7. The Hall–Kier alpha value is -1.39. The molecule has 1 aromatic rings. The van der Waals surface area contributed by atoms with Gasteiger partial charge in [0.15, 0.2) is 0 Å². The summed E-state index contributed by atoms with van der Waals surface area (Å²) in [6.07, 6.45) is 0.863. The molecule has 4 heteroatoms. The van der Waals surface area contributed by atoms with Gasteiger partial charge in [-0.25, -0.2) is 4.79 Å². The minimum absolute atomic E-state index is 0.144. The minimum Gasteiger partial charge on any atom is -0.465 e. The van der Waals surface area contributed by atoms with Crippen molar-refractivity contribution in [1.82, 2.24) is 5.32 Å². The molecule has 1 rings (SSSR count). The summed E-state index contributed by atoms with van der Waals surface area (Å²) in [5, 5.41) is 11.9. The van der Waals surface area contributed by atoms with Gasteiger partial charge in [0.25, 0.3) is 0 Å². The molecule has 0 aliphatic carbocycles. The fraction of sp³-hybridized carbons (Fsp3) is 0.462. The molecule has 0 radical (unpaired) electrons. The summed E-state index contributed by atoms with van der Waals surface area (Å²) in [6, 6.07) is 7.67. The standard InChI is InChI=1S/C13H19NO3/c1-10(14-7-8-15)9-11-3-5-12(6-4-11)13(16)17-2/h3-6,10,14-15H,7-9H2,1-2H3. The van der Waals surface area contributed by atoms with Gasteiger partial charge in [-0.2, -0.15) is 0 Å². The minimum atomic E-state index is -0.317. The van der Waals surface area contributed by atoms with E-state index in [2.05, 4.69) is 17.0 Å². The van der Waals surface area contributed by atoms with Crippen LogP contribution >= 0.6 is 0 Å². The van der Waals surface area contributed by atoms with E-state index in [0.717, 1.165) is 12.0 Å². The lowest BCUT2D eigenvalue weighted by molar-refractivity contribution is 0.0600. The summed E-state index contributed by atoms with van der Waals surface area (Å²) < 4.78 is 4.63. The molecule has 17 heavy (non-hydrogen) atoms. The highest BCUT2D eigenvalue weighted by Gasteiger charge is 2.06. The second-order valence-electron chi connectivity index (χ2n) is 3.97. The number of hydrogen-bond acceptors (Lipinski definition) is 4. The summed E-state index contributed by atoms with van der Waals surface area (Å²) in [4.78, 5) is 11.2. The van der Waals surface area contributed by atoms with E-state index in [1.165, 1.54) is 7.11 Å². The first kappa shape index (κ1) is 13.7. The van der Waals surface area contributed by atoms with Gasteiger partial charge in [-0.05, 0) is 31.0 Å². The third-order valence-corrected chi connectivity index (χ3v) is 2.52. The van der Waals surface area contributed by atoms with Crippen LogP contribution in [0.4, 0.5) is 0 Å². The van der Waals surface area contributed by atoms with Crippen LogP contribution < -0.4 is 5.32 Å². The van der Waals surface area contributed by atoms with Gasteiger partial charge in [-0.15, -0.1) is 0 Å². The summed E-state index contributed by atoms with van der Waals surface area (Å²) in [7, 11) is 1.37. The van der Waals surface area contributed by atoms with Crippen molar-refractivity contribution in [3.05, 3.63) is 35.4 Å². The van der Waals surface area contributed by atoms with Crippen molar-refractivity contribution >= 4 is 5.97 Å². The van der Waals surface area contributed by atoms with Crippen LogP contribution in [0.25, 0.3) is 0 Å². The fourth-order valence-electron chi connectivity index (χ4n) is 1.63. The summed E-state index contributed by atoms with van der Waals surface area (Å²) >= 11 is 0. The van der Waals surface area contributed by atoms with Crippen LogP contribution in [0.2, 0.25) is 0 Å². The number of esters is 1. The molecule has 1 unspecified atom stereocenters. The largest absolute Gasteiger partial charge is 0.465 e. The topological polar surface area (TPSA) is 58.6 Å². The van der Waals surface area contributed by atoms with Gasteiger partial charge in [-0.3, -0.25) is 0 Å². The molecule has 0 spiro atoms. The van der Waals surface area contributed by atoms with Crippen molar-refractivity contribution in [2.75, 3.05) is 20.3 Å². The molecule has 0 amide bonds. The number of methoxy groups -OCH3 is 1. The highest BCUT2D eigenvalue weighted by Crippen LogP contribution is 2.07. The van der Waals surface area contributed by atoms with E-state index in [1.54, 1.807) is 12.1 Å². The maximum atomic E-state index is 11.2. The number of hydrogen-bond donors (Lipinski definition) is 2. The van der Waals surface area contributed by atoms with Crippen LogP contribution in [0.3, 0.4) is 0 Å². The van der Waals surface area contributed by atoms with E-state index in [9.17, 15) is 4.79 Å². The SMILES string of the molecule is COC(=O)c1ccc(CC(C)NCCO)cc1. The van der Waals surface area contributed by atoms with Gasteiger partial charge in [0.1, 0.15) is 0 Å². The van der Waals surface area contributed by atoms with E-state index in [4.69, 9.17) is 5.11 Å². The number of nitrogens with one attached hydrogen (secondary N) is 1. The zero-order valence-electron chi connectivity index (χ0n) is 10.3.